The minimum absolute atomic E-state index is 0.00328. The predicted octanol–water partition coefficient (Wildman–Crippen LogP) is 3.99. The van der Waals surface area contributed by atoms with Gasteiger partial charge in [0.05, 0.1) is 30.2 Å². The summed E-state index contributed by atoms with van der Waals surface area (Å²) >= 11 is 0. The zero-order valence-corrected chi connectivity index (χ0v) is 14.7. The first kappa shape index (κ1) is 18.4. The first-order valence-corrected chi connectivity index (χ1v) is 8.30. The Morgan fingerprint density at radius 2 is 1.84 bits per heavy atom. The molecule has 0 aliphatic carbocycles. The van der Waals surface area contributed by atoms with Crippen molar-refractivity contribution in [1.82, 2.24) is 4.98 Å². The van der Waals surface area contributed by atoms with E-state index in [9.17, 15) is 9.59 Å². The third-order valence-electron chi connectivity index (χ3n) is 3.98. The molecule has 0 saturated carbocycles. The number of nitrogens with zero attached hydrogens (tertiary/aromatic N) is 1. The van der Waals surface area contributed by atoms with Crippen LogP contribution in [0.15, 0.2) is 42.6 Å². The lowest BCUT2D eigenvalue weighted by Gasteiger charge is -2.13. The van der Waals surface area contributed by atoms with E-state index in [-0.39, 0.29) is 11.8 Å². The number of rotatable bonds is 7. The summed E-state index contributed by atoms with van der Waals surface area (Å²) in [6, 6.07) is 10.6. The van der Waals surface area contributed by atoms with Gasteiger partial charge in [0.25, 0.3) is 0 Å². The number of anilines is 3. The van der Waals surface area contributed by atoms with E-state index in [4.69, 9.17) is 4.74 Å². The third-order valence-corrected chi connectivity index (χ3v) is 3.98. The van der Waals surface area contributed by atoms with E-state index in [1.165, 1.54) is 7.11 Å². The van der Waals surface area contributed by atoms with Gasteiger partial charge in [-0.25, -0.2) is 9.78 Å². The van der Waals surface area contributed by atoms with Crippen LogP contribution >= 0.6 is 0 Å². The number of carbonyl (C=O) groups is 2. The summed E-state index contributed by atoms with van der Waals surface area (Å²) in [7, 11) is 1.34. The van der Waals surface area contributed by atoms with Crippen LogP contribution in [0.2, 0.25) is 0 Å². The average Bonchev–Trinajstić information content (AvgIpc) is 2.64. The molecule has 1 heterocycles. The molecular weight excluding hydrogens is 318 g/mol. The van der Waals surface area contributed by atoms with Gasteiger partial charge in [0.15, 0.2) is 0 Å². The lowest BCUT2D eigenvalue weighted by molar-refractivity contribution is -0.120. The highest BCUT2D eigenvalue weighted by molar-refractivity contribution is 5.96. The summed E-state index contributed by atoms with van der Waals surface area (Å²) in [5.74, 6) is 0.155. The largest absolute Gasteiger partial charge is 0.465 e. The number of benzene rings is 1. The van der Waals surface area contributed by atoms with E-state index in [1.807, 2.05) is 19.9 Å². The van der Waals surface area contributed by atoms with Crippen molar-refractivity contribution >= 4 is 29.1 Å². The van der Waals surface area contributed by atoms with Crippen molar-refractivity contribution in [2.45, 2.75) is 26.7 Å². The van der Waals surface area contributed by atoms with Crippen LogP contribution in [0.3, 0.4) is 0 Å². The van der Waals surface area contributed by atoms with Crippen molar-refractivity contribution in [2.24, 2.45) is 5.92 Å². The molecule has 0 radical (unpaired) electrons. The number of ether oxygens (including phenoxy) is 1. The van der Waals surface area contributed by atoms with Crippen LogP contribution < -0.4 is 10.6 Å². The Morgan fingerprint density at radius 3 is 2.44 bits per heavy atom. The van der Waals surface area contributed by atoms with Gasteiger partial charge in [-0.2, -0.15) is 0 Å². The van der Waals surface area contributed by atoms with E-state index >= 15 is 0 Å². The van der Waals surface area contributed by atoms with Crippen LogP contribution in [0.4, 0.5) is 17.2 Å². The summed E-state index contributed by atoms with van der Waals surface area (Å²) in [6.07, 6.45) is 3.20. The Hall–Kier alpha value is -2.89. The highest BCUT2D eigenvalue weighted by atomic mass is 16.5. The number of para-hydroxylation sites is 1. The summed E-state index contributed by atoms with van der Waals surface area (Å²) in [6.45, 7) is 4.00. The highest BCUT2D eigenvalue weighted by Crippen LogP contribution is 2.21. The molecule has 2 aromatic rings. The highest BCUT2D eigenvalue weighted by Gasteiger charge is 2.14. The van der Waals surface area contributed by atoms with E-state index in [0.717, 1.165) is 12.8 Å². The monoisotopic (exact) mass is 341 g/mol. The molecule has 1 aromatic heterocycles. The van der Waals surface area contributed by atoms with Crippen LogP contribution in [0.5, 0.6) is 0 Å². The second-order valence-corrected chi connectivity index (χ2v) is 5.60. The number of methoxy groups -OCH3 is 1. The SMILES string of the molecule is CCC(CC)C(=O)Nc1ccc(Nc2ccccc2C(=O)OC)nc1. The van der Waals surface area contributed by atoms with E-state index in [1.54, 1.807) is 36.5 Å². The summed E-state index contributed by atoms with van der Waals surface area (Å²) in [5, 5.41) is 5.96. The van der Waals surface area contributed by atoms with Gasteiger partial charge in [0.1, 0.15) is 5.82 Å². The molecule has 0 aliphatic rings. The molecule has 0 fully saturated rings. The van der Waals surface area contributed by atoms with Gasteiger partial charge in [0, 0.05) is 5.92 Å². The van der Waals surface area contributed by atoms with Gasteiger partial charge in [-0.05, 0) is 37.1 Å². The molecule has 2 N–H and O–H groups in total. The molecule has 6 heteroatoms. The Morgan fingerprint density at radius 1 is 1.12 bits per heavy atom. The van der Waals surface area contributed by atoms with Crippen molar-refractivity contribution in [1.29, 1.82) is 0 Å². The lowest BCUT2D eigenvalue weighted by Crippen LogP contribution is -2.21. The molecular formula is C19H23N3O3. The molecule has 1 aromatic carbocycles. The molecule has 0 atom stereocenters. The molecule has 25 heavy (non-hydrogen) atoms. The number of aromatic nitrogens is 1. The maximum Gasteiger partial charge on any atom is 0.339 e. The van der Waals surface area contributed by atoms with Gasteiger partial charge >= 0.3 is 5.97 Å². The van der Waals surface area contributed by atoms with Gasteiger partial charge in [-0.15, -0.1) is 0 Å². The number of pyridine rings is 1. The minimum Gasteiger partial charge on any atom is -0.465 e. The summed E-state index contributed by atoms with van der Waals surface area (Å²) in [4.78, 5) is 28.2. The number of nitrogens with one attached hydrogen (secondary N) is 2. The smallest absolute Gasteiger partial charge is 0.339 e. The van der Waals surface area contributed by atoms with Crippen molar-refractivity contribution in [3.05, 3.63) is 48.2 Å². The molecule has 1 amide bonds. The number of hydrogen-bond donors (Lipinski definition) is 2. The van der Waals surface area contributed by atoms with E-state index in [0.29, 0.717) is 22.8 Å². The van der Waals surface area contributed by atoms with Crippen LogP contribution in [0.25, 0.3) is 0 Å². The summed E-state index contributed by atoms with van der Waals surface area (Å²) < 4.78 is 4.77. The van der Waals surface area contributed by atoms with Crippen LogP contribution in [0.1, 0.15) is 37.0 Å². The molecule has 0 saturated heterocycles. The number of esters is 1. The first-order valence-electron chi connectivity index (χ1n) is 8.30. The Labute approximate surface area is 147 Å². The van der Waals surface area contributed by atoms with Crippen molar-refractivity contribution < 1.29 is 14.3 Å². The predicted molar refractivity (Wildman–Crippen MR) is 98.0 cm³/mol. The van der Waals surface area contributed by atoms with E-state index in [2.05, 4.69) is 15.6 Å². The van der Waals surface area contributed by atoms with Crippen molar-refractivity contribution in [2.75, 3.05) is 17.7 Å². The number of hydrogen-bond acceptors (Lipinski definition) is 5. The van der Waals surface area contributed by atoms with Crippen LogP contribution in [-0.2, 0) is 9.53 Å². The Kier molecular flexibility index (Phi) is 6.51. The standard InChI is InChI=1S/C19H23N3O3/c1-4-13(5-2)18(23)21-14-10-11-17(20-12-14)22-16-9-7-6-8-15(16)19(24)25-3/h6-13H,4-5H2,1-3H3,(H,20,22)(H,21,23). The van der Waals surface area contributed by atoms with Gasteiger partial charge in [-0.1, -0.05) is 26.0 Å². The van der Waals surface area contributed by atoms with Crippen molar-refractivity contribution in [3.63, 3.8) is 0 Å². The van der Waals surface area contributed by atoms with E-state index < -0.39 is 5.97 Å². The fourth-order valence-corrected chi connectivity index (χ4v) is 2.46. The normalized spacial score (nSPS) is 10.4. The molecule has 6 nitrogen and oxygen atoms in total. The fraction of sp³-hybridized carbons (Fsp3) is 0.316. The Bertz CT molecular complexity index is 725. The lowest BCUT2D eigenvalue weighted by atomic mass is 10.0. The second-order valence-electron chi connectivity index (χ2n) is 5.60. The minimum atomic E-state index is -0.419. The summed E-state index contributed by atoms with van der Waals surface area (Å²) in [5.41, 5.74) is 1.68. The molecule has 0 unspecified atom stereocenters. The molecule has 0 spiro atoms. The maximum atomic E-state index is 12.1. The topological polar surface area (TPSA) is 80.3 Å². The zero-order valence-electron chi connectivity index (χ0n) is 14.7. The molecule has 0 aliphatic heterocycles. The van der Waals surface area contributed by atoms with Gasteiger partial charge in [0.2, 0.25) is 5.91 Å². The van der Waals surface area contributed by atoms with Crippen molar-refractivity contribution in [3.8, 4) is 0 Å². The van der Waals surface area contributed by atoms with Gasteiger partial charge < -0.3 is 15.4 Å². The molecule has 0 bridgehead atoms. The second kappa shape index (κ2) is 8.82. The zero-order chi connectivity index (χ0) is 18.2. The Balaban J connectivity index is 2.09. The fourth-order valence-electron chi connectivity index (χ4n) is 2.46. The number of carbonyl (C=O) groups excluding carboxylic acids is 2. The first-order chi connectivity index (χ1) is 12.1. The number of amides is 1. The quantitative estimate of drug-likeness (QED) is 0.744. The van der Waals surface area contributed by atoms with Crippen LogP contribution in [0, 0.1) is 5.92 Å². The van der Waals surface area contributed by atoms with Gasteiger partial charge in [-0.3, -0.25) is 4.79 Å². The maximum absolute atomic E-state index is 12.1. The molecule has 132 valence electrons. The molecule has 2 rings (SSSR count). The third kappa shape index (κ3) is 4.79. The van der Waals surface area contributed by atoms with Crippen LogP contribution in [-0.4, -0.2) is 24.0 Å². The average molecular weight is 341 g/mol.